The number of hydrogen-bond donors (Lipinski definition) is 3. The second-order valence-corrected chi connectivity index (χ2v) is 5.58. The minimum Gasteiger partial charge on any atom is -0.481 e. The maximum atomic E-state index is 13.2. The Morgan fingerprint density at radius 2 is 1.86 bits per heavy atom. The summed E-state index contributed by atoms with van der Waals surface area (Å²) in [7, 11) is 1.48. The molecular formula is C13H13ClF3N3OS. The van der Waals surface area contributed by atoms with E-state index in [0.717, 1.165) is 11.9 Å². The van der Waals surface area contributed by atoms with Crippen LogP contribution in [0.3, 0.4) is 0 Å². The van der Waals surface area contributed by atoms with Crippen LogP contribution < -0.4 is 15.6 Å². The van der Waals surface area contributed by atoms with E-state index in [0.29, 0.717) is 15.9 Å². The number of rotatable bonds is 5. The van der Waals surface area contributed by atoms with Gasteiger partial charge in [0.1, 0.15) is 11.1 Å². The predicted molar refractivity (Wildman–Crippen MR) is 80.4 cm³/mol. The van der Waals surface area contributed by atoms with Crippen LogP contribution in [0.4, 0.5) is 13.2 Å². The number of halogens is 4. The third kappa shape index (κ3) is 4.49. The SMILES string of the molecule is COC1=CC=C(SNC(c2ccc(Cl)cc2)C(F)(F)F)NN1. The monoisotopic (exact) mass is 351 g/mol. The molecule has 0 amide bonds. The smallest absolute Gasteiger partial charge is 0.408 e. The molecule has 0 aliphatic carbocycles. The molecule has 0 bridgehead atoms. The van der Waals surface area contributed by atoms with E-state index in [1.807, 2.05) is 0 Å². The van der Waals surface area contributed by atoms with E-state index in [1.54, 1.807) is 12.2 Å². The number of ether oxygens (including phenoxy) is 1. The van der Waals surface area contributed by atoms with E-state index < -0.39 is 12.2 Å². The van der Waals surface area contributed by atoms with Crippen molar-refractivity contribution in [1.29, 1.82) is 0 Å². The number of nitrogens with one attached hydrogen (secondary N) is 3. The van der Waals surface area contributed by atoms with Gasteiger partial charge in [0.25, 0.3) is 0 Å². The molecular weight excluding hydrogens is 339 g/mol. The van der Waals surface area contributed by atoms with Crippen LogP contribution in [-0.2, 0) is 4.74 Å². The Labute approximate surface area is 134 Å². The van der Waals surface area contributed by atoms with Crippen molar-refractivity contribution in [2.45, 2.75) is 12.2 Å². The van der Waals surface area contributed by atoms with Crippen molar-refractivity contribution in [1.82, 2.24) is 15.6 Å². The zero-order valence-corrected chi connectivity index (χ0v) is 12.9. The first-order chi connectivity index (χ1) is 10.4. The van der Waals surface area contributed by atoms with Gasteiger partial charge in [-0.3, -0.25) is 10.9 Å². The molecule has 3 N–H and O–H groups in total. The number of allylic oxidation sites excluding steroid dienone is 2. The second-order valence-electron chi connectivity index (χ2n) is 4.26. The first kappa shape index (κ1) is 16.9. The van der Waals surface area contributed by atoms with Gasteiger partial charge in [-0.05, 0) is 35.7 Å². The van der Waals surface area contributed by atoms with Gasteiger partial charge >= 0.3 is 6.18 Å². The summed E-state index contributed by atoms with van der Waals surface area (Å²) in [6.07, 6.45) is -1.23. The molecule has 4 nitrogen and oxygen atoms in total. The predicted octanol–water partition coefficient (Wildman–Crippen LogP) is 3.62. The number of hydrazine groups is 1. The van der Waals surface area contributed by atoms with Crippen molar-refractivity contribution in [3.8, 4) is 0 Å². The largest absolute Gasteiger partial charge is 0.481 e. The second kappa shape index (κ2) is 7.17. The molecule has 0 saturated heterocycles. The molecule has 1 aromatic rings. The van der Waals surface area contributed by atoms with Crippen LogP contribution in [0.15, 0.2) is 47.3 Å². The maximum absolute atomic E-state index is 13.2. The summed E-state index contributed by atoms with van der Waals surface area (Å²) < 4.78 is 46.9. The summed E-state index contributed by atoms with van der Waals surface area (Å²) in [5, 5.41) is 0.861. The minimum absolute atomic E-state index is 0.0851. The van der Waals surface area contributed by atoms with E-state index in [9.17, 15) is 13.2 Å². The summed E-state index contributed by atoms with van der Waals surface area (Å²) in [5.41, 5.74) is 5.49. The van der Waals surface area contributed by atoms with Gasteiger partial charge in [0.15, 0.2) is 0 Å². The van der Waals surface area contributed by atoms with E-state index >= 15 is 0 Å². The molecule has 0 spiro atoms. The Hall–Kier alpha value is -1.51. The average molecular weight is 352 g/mol. The zero-order valence-electron chi connectivity index (χ0n) is 11.4. The quantitative estimate of drug-likeness (QED) is 0.707. The zero-order chi connectivity index (χ0) is 16.2. The van der Waals surface area contributed by atoms with Crippen LogP contribution in [0.25, 0.3) is 0 Å². The van der Waals surface area contributed by atoms with Gasteiger partial charge in [-0.15, -0.1) is 0 Å². The maximum Gasteiger partial charge on any atom is 0.408 e. The van der Waals surface area contributed by atoms with Gasteiger partial charge in [-0.2, -0.15) is 13.2 Å². The van der Waals surface area contributed by atoms with E-state index in [1.165, 1.54) is 31.4 Å². The van der Waals surface area contributed by atoms with Gasteiger partial charge in [0.2, 0.25) is 5.88 Å². The Bertz CT molecular complexity index is 575. The molecule has 1 aromatic carbocycles. The highest BCUT2D eigenvalue weighted by Crippen LogP contribution is 2.35. The Kier molecular flexibility index (Phi) is 5.49. The molecule has 1 heterocycles. The van der Waals surface area contributed by atoms with Crippen molar-refractivity contribution in [3.05, 3.63) is 57.9 Å². The standard InChI is InChI=1S/C13H13ClF3N3OS/c1-21-10-6-7-11(19-18-10)22-20-12(13(15,16)17)8-2-4-9(14)5-3-8/h2-7,12,18-20H,1H3. The van der Waals surface area contributed by atoms with Crippen molar-refractivity contribution < 1.29 is 17.9 Å². The number of methoxy groups -OCH3 is 1. The highest BCUT2D eigenvalue weighted by atomic mass is 35.5. The van der Waals surface area contributed by atoms with E-state index in [-0.39, 0.29) is 5.56 Å². The Morgan fingerprint density at radius 1 is 1.18 bits per heavy atom. The first-order valence-corrected chi connectivity index (χ1v) is 7.32. The van der Waals surface area contributed by atoms with Crippen molar-refractivity contribution in [2.24, 2.45) is 0 Å². The molecule has 1 aliphatic rings. The van der Waals surface area contributed by atoms with Crippen LogP contribution >= 0.6 is 23.5 Å². The Balaban J connectivity index is 2.07. The highest BCUT2D eigenvalue weighted by molar-refractivity contribution is 8.01. The van der Waals surface area contributed by atoms with Crippen LogP contribution in [0.1, 0.15) is 11.6 Å². The molecule has 1 atom stereocenters. The molecule has 0 saturated carbocycles. The number of benzene rings is 1. The van der Waals surface area contributed by atoms with Crippen molar-refractivity contribution >= 4 is 23.5 Å². The fraction of sp³-hybridized carbons (Fsp3) is 0.231. The third-order valence-electron chi connectivity index (χ3n) is 2.73. The topological polar surface area (TPSA) is 45.3 Å². The van der Waals surface area contributed by atoms with Crippen LogP contribution in [0.2, 0.25) is 5.02 Å². The molecule has 0 aromatic heterocycles. The summed E-state index contributed by atoms with van der Waals surface area (Å²) in [4.78, 5) is 0. The fourth-order valence-electron chi connectivity index (χ4n) is 1.64. The third-order valence-corrected chi connectivity index (χ3v) is 3.80. The number of hydrogen-bond acceptors (Lipinski definition) is 5. The molecule has 0 radical (unpaired) electrons. The van der Waals surface area contributed by atoms with E-state index in [4.69, 9.17) is 16.3 Å². The first-order valence-electron chi connectivity index (χ1n) is 6.12. The van der Waals surface area contributed by atoms with Gasteiger partial charge in [0.05, 0.1) is 7.11 Å². The summed E-state index contributed by atoms with van der Waals surface area (Å²) in [6.45, 7) is 0. The average Bonchev–Trinajstić information content (AvgIpc) is 2.48. The molecule has 1 aliphatic heterocycles. The molecule has 0 fully saturated rings. The lowest BCUT2D eigenvalue weighted by Crippen LogP contribution is -2.35. The molecule has 1 unspecified atom stereocenters. The van der Waals surface area contributed by atoms with Gasteiger partial charge < -0.3 is 4.74 Å². The molecule has 2 rings (SSSR count). The van der Waals surface area contributed by atoms with Gasteiger partial charge in [-0.1, -0.05) is 23.7 Å². The lowest BCUT2D eigenvalue weighted by Gasteiger charge is -2.23. The molecule has 9 heteroatoms. The summed E-state index contributed by atoms with van der Waals surface area (Å²) in [5.74, 6) is 0.467. The van der Waals surface area contributed by atoms with Gasteiger partial charge in [0, 0.05) is 11.1 Å². The normalized spacial score (nSPS) is 16.0. The van der Waals surface area contributed by atoms with Crippen molar-refractivity contribution in [2.75, 3.05) is 7.11 Å². The van der Waals surface area contributed by atoms with Crippen molar-refractivity contribution in [3.63, 3.8) is 0 Å². The lowest BCUT2D eigenvalue weighted by atomic mass is 10.1. The summed E-state index contributed by atoms with van der Waals surface area (Å²) >= 11 is 6.53. The fourth-order valence-corrected chi connectivity index (χ4v) is 2.52. The number of alkyl halides is 3. The highest BCUT2D eigenvalue weighted by Gasteiger charge is 2.41. The Morgan fingerprint density at radius 3 is 2.36 bits per heavy atom. The summed E-state index contributed by atoms with van der Waals surface area (Å²) in [6, 6.07) is 3.73. The van der Waals surface area contributed by atoms with Gasteiger partial charge in [-0.25, -0.2) is 4.72 Å². The molecule has 22 heavy (non-hydrogen) atoms. The lowest BCUT2D eigenvalue weighted by molar-refractivity contribution is -0.152. The van der Waals surface area contributed by atoms with Crippen LogP contribution in [-0.4, -0.2) is 13.3 Å². The van der Waals surface area contributed by atoms with Crippen LogP contribution in [0.5, 0.6) is 0 Å². The minimum atomic E-state index is -4.43. The molecule has 120 valence electrons. The van der Waals surface area contributed by atoms with Crippen LogP contribution in [0, 0.1) is 0 Å². The van der Waals surface area contributed by atoms with E-state index in [2.05, 4.69) is 15.6 Å².